The summed E-state index contributed by atoms with van der Waals surface area (Å²) in [7, 11) is 0. The van der Waals surface area contributed by atoms with Crippen LogP contribution in [0, 0.1) is 0 Å². The van der Waals surface area contributed by atoms with Crippen LogP contribution in [0.4, 0.5) is 22.7 Å². The maximum atomic E-state index is 5.17. The molecule has 10 aromatic rings. The van der Waals surface area contributed by atoms with Crippen LogP contribution in [0.2, 0.25) is 0 Å². The number of hydrogen-bond donors (Lipinski definition) is 0. The molecule has 0 radical (unpaired) electrons. The molecule has 13 heterocycles. The minimum Gasteiger partial charge on any atom is -1.00 e. The zero-order chi connectivity index (χ0) is 73.1. The number of aliphatic imine (C=N–C) groups is 4. The van der Waals surface area contributed by atoms with E-state index in [1.54, 1.807) is 0 Å². The fourth-order valence-electron chi connectivity index (χ4n) is 14.2. The van der Waals surface area contributed by atoms with Crippen LogP contribution in [-0.2, 0) is 87.7 Å². The van der Waals surface area contributed by atoms with Crippen molar-refractivity contribution in [2.75, 3.05) is 106 Å². The van der Waals surface area contributed by atoms with Crippen LogP contribution >= 0.6 is 0 Å². The average molecular weight is 1640 g/mol. The molecule has 0 unspecified atom stereocenters. The second-order valence-corrected chi connectivity index (χ2v) is 27.9. The van der Waals surface area contributed by atoms with E-state index in [9.17, 15) is 0 Å². The molecule has 4 aromatic heterocycles. The van der Waals surface area contributed by atoms with Gasteiger partial charge in [-0.1, -0.05) is 125 Å². The molecule has 0 amide bonds. The van der Waals surface area contributed by atoms with Crippen LogP contribution in [0.5, 0.6) is 0 Å². The largest absolute Gasteiger partial charge is 2.00 e. The monoisotopic (exact) mass is 1630 g/mol. The van der Waals surface area contributed by atoms with E-state index in [-0.39, 0.29) is 114 Å². The van der Waals surface area contributed by atoms with Crippen molar-refractivity contribution in [1.29, 1.82) is 0 Å². The van der Waals surface area contributed by atoms with Gasteiger partial charge in [0.1, 0.15) is 0 Å². The van der Waals surface area contributed by atoms with Gasteiger partial charge in [0.25, 0.3) is 0 Å². The number of ether oxygens (including phenoxy) is 8. The third kappa shape index (κ3) is 27.1. The summed E-state index contributed by atoms with van der Waals surface area (Å²) in [6, 6.07) is 50.6. The SMILES string of the molecule is C1CCOC1.C1CCOC1.C1CCOC1.C1CCOC1.C1CCOC1.C1CCOC1.C1CCOC1.C1CCOC1.CCC1(CC)c2ccc([n-]2)C=Nc2cccc3cc4cccc(c4cc23)N=Cc2ccc([n-]2)C(CC)(CC)c2ccc([n-]2)C=Nc2cccc3cc4cccc(c4cc23)N=Cc2ccc1[n-]2.[Cl-].[K+].[Zn+2].[Zn+2]. The van der Waals surface area contributed by atoms with E-state index < -0.39 is 0 Å². The van der Waals surface area contributed by atoms with Crippen molar-refractivity contribution in [2.45, 2.75) is 167 Å². The van der Waals surface area contributed by atoms with Gasteiger partial charge in [0.2, 0.25) is 0 Å². The second-order valence-electron chi connectivity index (χ2n) is 27.9. The summed E-state index contributed by atoms with van der Waals surface area (Å²) in [5.74, 6) is 0. The van der Waals surface area contributed by atoms with Crippen LogP contribution < -0.4 is 83.7 Å². The summed E-state index contributed by atoms with van der Waals surface area (Å²) in [5, 5.41) is 8.63. The Balaban J connectivity index is 0.000000306. The molecule has 0 atom stereocenters. The zero-order valence-corrected chi connectivity index (χ0v) is 76.1. The Morgan fingerprint density at radius 1 is 0.264 bits per heavy atom. The first-order valence-corrected chi connectivity index (χ1v) is 39.7. The van der Waals surface area contributed by atoms with Crippen molar-refractivity contribution in [1.82, 2.24) is 19.9 Å². The van der Waals surface area contributed by atoms with Gasteiger partial charge in [0, 0.05) is 152 Å². The molecule has 8 fully saturated rings. The third-order valence-corrected chi connectivity index (χ3v) is 20.7. The summed E-state index contributed by atoms with van der Waals surface area (Å²) in [6.07, 6.45) is 31.3. The van der Waals surface area contributed by atoms with E-state index in [1.807, 2.05) is 24.9 Å². The summed E-state index contributed by atoms with van der Waals surface area (Å²) < 4.78 is 39.6. The van der Waals surface area contributed by atoms with E-state index in [1.165, 1.54) is 103 Å². The molecular weight excluding hydrogens is 1530 g/mol. The molecular formula is C90H112ClKN8O8Zn2. The van der Waals surface area contributed by atoms with Crippen molar-refractivity contribution in [3.63, 3.8) is 0 Å². The van der Waals surface area contributed by atoms with E-state index in [0.29, 0.717) is 0 Å². The van der Waals surface area contributed by atoms with E-state index in [0.717, 1.165) is 243 Å². The Morgan fingerprint density at radius 3 is 0.600 bits per heavy atom. The summed E-state index contributed by atoms with van der Waals surface area (Å²) >= 11 is 0. The Bertz CT molecular complexity index is 3720. The molecule has 110 heavy (non-hydrogen) atoms. The maximum Gasteiger partial charge on any atom is 2.00 e. The summed E-state index contributed by atoms with van der Waals surface area (Å²) in [6.45, 7) is 24.9. The van der Waals surface area contributed by atoms with Gasteiger partial charge in [-0.05, 0) is 209 Å². The fraction of sp³-hybridized carbons (Fsp3) is 0.467. The number of nitrogens with zero attached hydrogens (tertiary/aromatic N) is 8. The predicted octanol–water partition coefficient (Wildman–Crippen LogP) is 14.0. The molecule has 16 nitrogen and oxygen atoms in total. The van der Waals surface area contributed by atoms with Crippen molar-refractivity contribution >= 4 is 90.7 Å². The van der Waals surface area contributed by atoms with Crippen molar-refractivity contribution in [3.05, 3.63) is 191 Å². The van der Waals surface area contributed by atoms with E-state index in [4.69, 9.17) is 77.8 Å². The van der Waals surface area contributed by atoms with Crippen LogP contribution in [0.3, 0.4) is 0 Å². The van der Waals surface area contributed by atoms with Crippen LogP contribution in [0.25, 0.3) is 43.1 Å². The van der Waals surface area contributed by atoms with Gasteiger partial charge in [-0.2, -0.15) is 22.8 Å². The molecule has 0 N–H and O–H groups in total. The number of hydrogen-bond acceptors (Lipinski definition) is 12. The number of fused-ring (bicyclic) bond motifs is 8. The van der Waals surface area contributed by atoms with Crippen LogP contribution in [0.15, 0.2) is 166 Å². The molecule has 9 aliphatic heterocycles. The van der Waals surface area contributed by atoms with Crippen molar-refractivity contribution < 1.29 is 141 Å². The maximum absolute atomic E-state index is 5.17. The normalized spacial score (nSPS) is 17.5. The van der Waals surface area contributed by atoms with Gasteiger partial charge in [-0.15, -0.1) is 22.8 Å². The first-order valence-electron chi connectivity index (χ1n) is 39.7. The molecule has 9 aliphatic rings. The molecule has 19 rings (SSSR count). The van der Waals surface area contributed by atoms with Gasteiger partial charge in [-0.25, -0.2) is 0 Å². The van der Waals surface area contributed by atoms with Crippen LogP contribution in [-0.4, -0.2) is 131 Å². The van der Waals surface area contributed by atoms with E-state index >= 15 is 0 Å². The molecule has 572 valence electrons. The first-order chi connectivity index (χ1) is 52.4. The second kappa shape index (κ2) is 51.1. The smallest absolute Gasteiger partial charge is 1.00 e. The molecule has 12 bridgehead atoms. The number of halogens is 1. The zero-order valence-electron chi connectivity index (χ0n) is 66.3. The number of benzene rings is 6. The van der Waals surface area contributed by atoms with Gasteiger partial charge in [-0.3, -0.25) is 20.0 Å². The standard InChI is InChI=1S/C58H48N8.8C4H8O.ClH.K.2Zn/c1-5-57(6-2)53-25-21-41(63-53)33-59-49-17-9-13-37-29-39-15-11-19-51(47(39)31-45(37)49)61-35-43-23-27-55(65-43)58(7-3,8-4)56-28-24-44(66-56)36-62-52-20-12-16-40-30-38-14-10-18-50(46(38)32-48(40)52)60-34-42-22-26-54(57)64-42;8*1-2-4-5-3-1;;;;/h9-36H,5-8H2,1-4H3;8*1-4H2;1H;;;/q-4;;;;;;;;;;+1;2*+2/p-1. The van der Waals surface area contributed by atoms with E-state index in [2.05, 4.69) is 173 Å². The molecule has 0 spiro atoms. The quantitative estimate of drug-likeness (QED) is 0.120. The first kappa shape index (κ1) is 92.2. The van der Waals surface area contributed by atoms with Crippen LogP contribution in [0.1, 0.15) is 202 Å². The summed E-state index contributed by atoms with van der Waals surface area (Å²) in [4.78, 5) is 40.9. The Morgan fingerprint density at radius 2 is 0.445 bits per heavy atom. The topological polar surface area (TPSA) is 180 Å². The minimum absolute atomic E-state index is 0. The molecule has 0 saturated carbocycles. The third-order valence-electron chi connectivity index (χ3n) is 20.7. The van der Waals surface area contributed by atoms with Gasteiger partial charge in [0.05, 0.1) is 22.7 Å². The fourth-order valence-corrected chi connectivity index (χ4v) is 14.2. The van der Waals surface area contributed by atoms with Crippen molar-refractivity contribution in [3.8, 4) is 0 Å². The molecule has 8 saturated heterocycles. The molecule has 6 aromatic carbocycles. The predicted molar refractivity (Wildman–Crippen MR) is 434 cm³/mol. The Labute approximate surface area is 727 Å². The Kier molecular flexibility index (Phi) is 42.8. The van der Waals surface area contributed by atoms with Crippen molar-refractivity contribution in [2.24, 2.45) is 20.0 Å². The Hall–Kier alpha value is -4.99. The number of aromatic nitrogens is 4. The summed E-state index contributed by atoms with van der Waals surface area (Å²) in [5.41, 5.74) is 9.94. The van der Waals surface area contributed by atoms with Gasteiger partial charge >= 0.3 is 90.3 Å². The molecule has 20 heteroatoms. The van der Waals surface area contributed by atoms with Gasteiger partial charge < -0.3 is 70.2 Å². The minimum atomic E-state index is -0.366. The molecule has 0 aliphatic carbocycles. The number of rotatable bonds is 4. The van der Waals surface area contributed by atoms with Gasteiger partial charge in [0.15, 0.2) is 0 Å². The average Bonchev–Trinajstić information content (AvgIpc) is 1.26.